The van der Waals surface area contributed by atoms with Gasteiger partial charge < -0.3 is 4.98 Å². The maximum absolute atomic E-state index is 4.46. The normalized spacial score (nSPS) is 10.9. The second kappa shape index (κ2) is 4.35. The Labute approximate surface area is 111 Å². The van der Waals surface area contributed by atoms with E-state index in [4.69, 9.17) is 0 Å². The van der Waals surface area contributed by atoms with Gasteiger partial charge >= 0.3 is 0 Å². The summed E-state index contributed by atoms with van der Waals surface area (Å²) < 4.78 is 0. The summed E-state index contributed by atoms with van der Waals surface area (Å²) in [6, 6.07) is 8.04. The topological polar surface area (TPSA) is 66.5 Å². The number of nitrogens with one attached hydrogen (secondary N) is 2. The Balaban J connectivity index is 1.96. The number of aromatic nitrogens is 4. The van der Waals surface area contributed by atoms with E-state index in [0.717, 1.165) is 22.4 Å². The molecule has 0 radical (unpaired) electrons. The lowest BCUT2D eigenvalue weighted by atomic mass is 10.2. The molecule has 19 heavy (non-hydrogen) atoms. The first-order valence-corrected chi connectivity index (χ1v) is 6.16. The molecule has 3 rings (SSSR count). The number of rotatable bonds is 2. The molecule has 0 atom stereocenters. The van der Waals surface area contributed by atoms with Crippen LogP contribution in [0.2, 0.25) is 0 Å². The van der Waals surface area contributed by atoms with E-state index in [-0.39, 0.29) is 0 Å². The zero-order valence-electron chi connectivity index (χ0n) is 11.2. The van der Waals surface area contributed by atoms with Crippen molar-refractivity contribution in [2.45, 2.75) is 20.8 Å². The molecule has 2 N–H and O–H groups in total. The van der Waals surface area contributed by atoms with Gasteiger partial charge in [0.1, 0.15) is 0 Å². The molecule has 1 aromatic carbocycles. The van der Waals surface area contributed by atoms with Crippen molar-refractivity contribution in [2.24, 2.45) is 0 Å². The fourth-order valence-electron chi connectivity index (χ4n) is 2.07. The number of imidazole rings is 1. The van der Waals surface area contributed by atoms with Crippen LogP contribution >= 0.6 is 0 Å². The first-order chi connectivity index (χ1) is 9.10. The Kier molecular flexibility index (Phi) is 2.67. The second-order valence-corrected chi connectivity index (χ2v) is 4.71. The lowest BCUT2D eigenvalue weighted by molar-refractivity contribution is 1.05. The van der Waals surface area contributed by atoms with Crippen LogP contribution in [0.3, 0.4) is 0 Å². The van der Waals surface area contributed by atoms with Gasteiger partial charge in [-0.2, -0.15) is 0 Å². The Morgan fingerprint density at radius 3 is 2.42 bits per heavy atom. The van der Waals surface area contributed by atoms with Crippen LogP contribution in [0, 0.1) is 20.8 Å². The van der Waals surface area contributed by atoms with Crippen LogP contribution in [-0.2, 0) is 0 Å². The van der Waals surface area contributed by atoms with E-state index >= 15 is 0 Å². The zero-order valence-corrected chi connectivity index (χ0v) is 11.2. The van der Waals surface area contributed by atoms with Crippen LogP contribution < -0.4 is 5.32 Å². The van der Waals surface area contributed by atoms with Crippen LogP contribution in [0.5, 0.6) is 0 Å². The maximum Gasteiger partial charge on any atom is 0.229 e. The summed E-state index contributed by atoms with van der Waals surface area (Å²) in [7, 11) is 0. The smallest absolute Gasteiger partial charge is 0.229 e. The first-order valence-electron chi connectivity index (χ1n) is 6.16. The van der Waals surface area contributed by atoms with Crippen molar-refractivity contribution in [3.05, 3.63) is 41.2 Å². The third-order valence-electron chi connectivity index (χ3n) is 2.85. The minimum atomic E-state index is 0.563. The average molecular weight is 253 g/mol. The highest BCUT2D eigenvalue weighted by Gasteiger charge is 2.05. The van der Waals surface area contributed by atoms with Crippen molar-refractivity contribution < 1.29 is 0 Å². The summed E-state index contributed by atoms with van der Waals surface area (Å²) in [4.78, 5) is 16.4. The molecule has 0 bridgehead atoms. The molecule has 5 heteroatoms. The molecule has 2 heterocycles. The van der Waals surface area contributed by atoms with Gasteiger partial charge in [-0.3, -0.25) is 5.32 Å². The highest BCUT2D eigenvalue weighted by Crippen LogP contribution is 2.17. The number of aryl methyl sites for hydroxylation is 3. The standard InChI is InChI=1S/C14H15N5/c1-8-4-5-11-12(6-8)18-14(17-11)19-13-15-9(2)7-10(3)16-13/h4-7H,1-3H3,(H2,15,16,17,18,19). The predicted molar refractivity (Wildman–Crippen MR) is 75.6 cm³/mol. The van der Waals surface area contributed by atoms with Crippen molar-refractivity contribution in [3.8, 4) is 0 Å². The van der Waals surface area contributed by atoms with Gasteiger partial charge in [-0.15, -0.1) is 0 Å². The number of H-pyrrole nitrogens is 1. The van der Waals surface area contributed by atoms with Crippen molar-refractivity contribution >= 4 is 22.9 Å². The molecular weight excluding hydrogens is 238 g/mol. The fourth-order valence-corrected chi connectivity index (χ4v) is 2.07. The third kappa shape index (κ3) is 2.40. The monoisotopic (exact) mass is 253 g/mol. The number of benzene rings is 1. The number of aromatic amines is 1. The minimum absolute atomic E-state index is 0.563. The van der Waals surface area contributed by atoms with Crippen LogP contribution in [0.25, 0.3) is 11.0 Å². The average Bonchev–Trinajstić information content (AvgIpc) is 2.68. The van der Waals surface area contributed by atoms with Gasteiger partial charge in [0.15, 0.2) is 0 Å². The zero-order chi connectivity index (χ0) is 13.4. The number of nitrogens with zero attached hydrogens (tertiary/aromatic N) is 3. The van der Waals surface area contributed by atoms with Gasteiger partial charge in [-0.05, 0) is 44.5 Å². The highest BCUT2D eigenvalue weighted by atomic mass is 15.2. The molecule has 0 aliphatic heterocycles. The van der Waals surface area contributed by atoms with Gasteiger partial charge in [-0.1, -0.05) is 6.07 Å². The van der Waals surface area contributed by atoms with Crippen LogP contribution in [0.15, 0.2) is 24.3 Å². The molecular formula is C14H15N5. The minimum Gasteiger partial charge on any atom is -0.324 e. The van der Waals surface area contributed by atoms with E-state index in [1.807, 2.05) is 32.0 Å². The Morgan fingerprint density at radius 2 is 1.68 bits per heavy atom. The van der Waals surface area contributed by atoms with Crippen molar-refractivity contribution in [1.29, 1.82) is 0 Å². The number of hydrogen-bond acceptors (Lipinski definition) is 4. The molecule has 0 amide bonds. The van der Waals surface area contributed by atoms with E-state index in [9.17, 15) is 0 Å². The quantitative estimate of drug-likeness (QED) is 0.736. The van der Waals surface area contributed by atoms with Gasteiger partial charge in [0.25, 0.3) is 0 Å². The highest BCUT2D eigenvalue weighted by molar-refractivity contribution is 5.78. The maximum atomic E-state index is 4.46. The van der Waals surface area contributed by atoms with E-state index in [0.29, 0.717) is 11.9 Å². The van der Waals surface area contributed by atoms with E-state index in [1.54, 1.807) is 0 Å². The van der Waals surface area contributed by atoms with E-state index in [2.05, 4.69) is 38.2 Å². The van der Waals surface area contributed by atoms with Crippen molar-refractivity contribution in [3.63, 3.8) is 0 Å². The van der Waals surface area contributed by atoms with Gasteiger partial charge in [0, 0.05) is 11.4 Å². The number of hydrogen-bond donors (Lipinski definition) is 2. The lowest BCUT2D eigenvalue weighted by Gasteiger charge is -2.03. The van der Waals surface area contributed by atoms with Crippen molar-refractivity contribution in [1.82, 2.24) is 19.9 Å². The molecule has 0 saturated heterocycles. The molecule has 0 aliphatic rings. The molecule has 96 valence electrons. The summed E-state index contributed by atoms with van der Waals surface area (Å²) in [5.41, 5.74) is 5.00. The number of fused-ring (bicyclic) bond motifs is 1. The lowest BCUT2D eigenvalue weighted by Crippen LogP contribution is -2.00. The SMILES string of the molecule is Cc1ccc2nc(Nc3nc(C)cc(C)n3)[nH]c2c1. The van der Waals surface area contributed by atoms with Gasteiger partial charge in [0.05, 0.1) is 11.0 Å². The molecule has 0 spiro atoms. The van der Waals surface area contributed by atoms with Gasteiger partial charge in [-0.25, -0.2) is 15.0 Å². The summed E-state index contributed by atoms with van der Waals surface area (Å²) >= 11 is 0. The van der Waals surface area contributed by atoms with Crippen LogP contribution in [0.4, 0.5) is 11.9 Å². The number of anilines is 2. The summed E-state index contributed by atoms with van der Waals surface area (Å²) in [5, 5.41) is 3.11. The molecule has 5 nitrogen and oxygen atoms in total. The molecule has 0 unspecified atom stereocenters. The molecule has 0 aliphatic carbocycles. The van der Waals surface area contributed by atoms with Crippen molar-refractivity contribution in [2.75, 3.05) is 5.32 Å². The largest absolute Gasteiger partial charge is 0.324 e. The predicted octanol–water partition coefficient (Wildman–Crippen LogP) is 3.02. The first kappa shape index (κ1) is 11.6. The summed E-state index contributed by atoms with van der Waals surface area (Å²) in [5.74, 6) is 1.22. The van der Waals surface area contributed by atoms with E-state index < -0.39 is 0 Å². The summed E-state index contributed by atoms with van der Waals surface area (Å²) in [6.45, 7) is 5.95. The Morgan fingerprint density at radius 1 is 0.947 bits per heavy atom. The van der Waals surface area contributed by atoms with Crippen LogP contribution in [0.1, 0.15) is 17.0 Å². The van der Waals surface area contributed by atoms with E-state index in [1.165, 1.54) is 5.56 Å². The Hall–Kier alpha value is -2.43. The third-order valence-corrected chi connectivity index (χ3v) is 2.85. The van der Waals surface area contributed by atoms with Crippen LogP contribution in [-0.4, -0.2) is 19.9 Å². The fraction of sp³-hybridized carbons (Fsp3) is 0.214. The Bertz CT molecular complexity index is 724. The molecule has 3 aromatic rings. The second-order valence-electron chi connectivity index (χ2n) is 4.71. The molecule has 0 fully saturated rings. The van der Waals surface area contributed by atoms with Gasteiger partial charge in [0.2, 0.25) is 11.9 Å². The molecule has 2 aromatic heterocycles. The summed E-state index contributed by atoms with van der Waals surface area (Å²) in [6.07, 6.45) is 0. The molecule has 0 saturated carbocycles.